The normalized spacial score (nSPS) is 20.8. The molecule has 2 unspecified atom stereocenters. The molecule has 2 atom stereocenters. The van der Waals surface area contributed by atoms with E-state index in [4.69, 9.17) is 9.47 Å². The molecule has 2 aliphatic heterocycles. The van der Waals surface area contributed by atoms with E-state index in [0.717, 1.165) is 28.8 Å². The molecule has 0 amide bonds. The van der Waals surface area contributed by atoms with E-state index in [-0.39, 0.29) is 11.6 Å². The molecule has 0 saturated carbocycles. The number of hydrogen-bond acceptors (Lipinski definition) is 7. The second-order valence-corrected chi connectivity index (χ2v) is 8.65. The van der Waals surface area contributed by atoms with Crippen LogP contribution >= 0.6 is 0 Å². The summed E-state index contributed by atoms with van der Waals surface area (Å²) in [6.45, 7) is 5.74. The van der Waals surface area contributed by atoms with Crippen LogP contribution in [0.3, 0.4) is 0 Å². The van der Waals surface area contributed by atoms with Gasteiger partial charge in [-0.15, -0.1) is 0 Å². The number of nitrogens with one attached hydrogen (secondary N) is 1. The van der Waals surface area contributed by atoms with E-state index in [0.29, 0.717) is 57.3 Å². The van der Waals surface area contributed by atoms with Crippen LogP contribution in [-0.4, -0.2) is 64.5 Å². The highest BCUT2D eigenvalue weighted by atomic mass is 19.1. The summed E-state index contributed by atoms with van der Waals surface area (Å²) in [4.78, 5) is 23.1. The van der Waals surface area contributed by atoms with Crippen LogP contribution in [0.25, 0.3) is 11.0 Å². The molecule has 0 spiro atoms. The Balaban J connectivity index is 1.16. The highest BCUT2D eigenvalue weighted by Gasteiger charge is 2.29. The molecule has 33 heavy (non-hydrogen) atoms. The molecule has 9 heteroatoms. The number of nitrogens with zero attached hydrogens (tertiary/aromatic N) is 4. The highest BCUT2D eigenvalue weighted by molar-refractivity contribution is 5.75. The van der Waals surface area contributed by atoms with Crippen molar-refractivity contribution in [2.45, 2.75) is 38.6 Å². The molecule has 1 aromatic carbocycles. The molecule has 1 N–H and O–H groups in total. The van der Waals surface area contributed by atoms with Gasteiger partial charge in [0.25, 0.3) is 5.56 Å². The lowest BCUT2D eigenvalue weighted by Gasteiger charge is -2.35. The predicted molar refractivity (Wildman–Crippen MR) is 123 cm³/mol. The minimum absolute atomic E-state index is 0.131. The molecule has 0 radical (unpaired) electrons. The molecule has 2 aliphatic rings. The molecule has 2 aromatic heterocycles. The van der Waals surface area contributed by atoms with Crippen LogP contribution in [0.1, 0.15) is 17.7 Å². The monoisotopic (exact) mass is 453 g/mol. The second-order valence-electron chi connectivity index (χ2n) is 8.65. The van der Waals surface area contributed by atoms with Gasteiger partial charge in [0.15, 0.2) is 11.5 Å². The predicted octanol–water partition coefficient (Wildman–Crippen LogP) is 2.07. The smallest absolute Gasteiger partial charge is 0.269 e. The number of benzene rings is 1. The van der Waals surface area contributed by atoms with Crippen molar-refractivity contribution in [1.29, 1.82) is 0 Å². The Bertz CT molecular complexity index is 1200. The third-order valence-electron chi connectivity index (χ3n) is 6.30. The van der Waals surface area contributed by atoms with Gasteiger partial charge >= 0.3 is 0 Å². The summed E-state index contributed by atoms with van der Waals surface area (Å²) in [6.07, 6.45) is 2.71. The maximum Gasteiger partial charge on any atom is 0.269 e. The largest absolute Gasteiger partial charge is 0.486 e. The number of aryl methyl sites for hydroxylation is 1. The standard InChI is InChI=1S/C24H28FN5O3/c1-16-2-3-20-21(10-16)30(24(31)14-28-20)7-6-29-5-4-19(18(25)15-29)27-12-17-11-22-23(13-26-17)33-9-8-32-22/h2-3,10-11,13-14,18-19,27H,4-9,12,15H2,1H3. The number of piperidine rings is 1. The van der Waals surface area contributed by atoms with E-state index < -0.39 is 6.17 Å². The number of likely N-dealkylation sites (tertiary alicyclic amines) is 1. The molecule has 3 aromatic rings. The topological polar surface area (TPSA) is 81.5 Å². The second kappa shape index (κ2) is 9.44. The molecule has 8 nitrogen and oxygen atoms in total. The van der Waals surface area contributed by atoms with E-state index in [2.05, 4.69) is 20.2 Å². The lowest BCUT2D eigenvalue weighted by atomic mass is 10.0. The molecule has 4 heterocycles. The van der Waals surface area contributed by atoms with Gasteiger partial charge in [-0.05, 0) is 37.6 Å². The summed E-state index contributed by atoms with van der Waals surface area (Å²) in [6, 6.07) is 7.50. The number of pyridine rings is 1. The zero-order chi connectivity index (χ0) is 22.8. The van der Waals surface area contributed by atoms with E-state index in [9.17, 15) is 9.18 Å². The molecular formula is C24H28FN5O3. The van der Waals surface area contributed by atoms with E-state index in [1.807, 2.05) is 31.2 Å². The average Bonchev–Trinajstić information content (AvgIpc) is 2.82. The maximum absolute atomic E-state index is 14.9. The van der Waals surface area contributed by atoms with Crippen LogP contribution in [0.5, 0.6) is 11.5 Å². The van der Waals surface area contributed by atoms with Gasteiger partial charge in [0.2, 0.25) is 0 Å². The van der Waals surface area contributed by atoms with Crippen molar-refractivity contribution < 1.29 is 13.9 Å². The van der Waals surface area contributed by atoms with Crippen LogP contribution in [0.4, 0.5) is 4.39 Å². The number of alkyl halides is 1. The number of aromatic nitrogens is 3. The summed E-state index contributed by atoms with van der Waals surface area (Å²) in [5.74, 6) is 1.34. The van der Waals surface area contributed by atoms with Gasteiger partial charge in [0.05, 0.1) is 29.1 Å². The van der Waals surface area contributed by atoms with E-state index >= 15 is 0 Å². The van der Waals surface area contributed by atoms with Crippen LogP contribution in [-0.2, 0) is 13.1 Å². The fraction of sp³-hybridized carbons (Fsp3) is 0.458. The van der Waals surface area contributed by atoms with Gasteiger partial charge in [0, 0.05) is 38.3 Å². The Hall–Kier alpha value is -3.04. The maximum atomic E-state index is 14.9. The summed E-state index contributed by atoms with van der Waals surface area (Å²) < 4.78 is 27.8. The average molecular weight is 454 g/mol. The molecule has 5 rings (SSSR count). The first kappa shape index (κ1) is 21.8. The quantitative estimate of drug-likeness (QED) is 0.612. The molecule has 1 saturated heterocycles. The number of rotatable bonds is 6. The van der Waals surface area contributed by atoms with Gasteiger partial charge in [-0.3, -0.25) is 14.7 Å². The van der Waals surface area contributed by atoms with Crippen LogP contribution < -0.4 is 20.3 Å². The van der Waals surface area contributed by atoms with Crippen LogP contribution in [0, 0.1) is 6.92 Å². The van der Waals surface area contributed by atoms with Crippen molar-refractivity contribution in [3.63, 3.8) is 0 Å². The Morgan fingerprint density at radius 2 is 1.97 bits per heavy atom. The molecule has 0 aliphatic carbocycles. The lowest BCUT2D eigenvalue weighted by Crippen LogP contribution is -2.51. The minimum atomic E-state index is -0.996. The van der Waals surface area contributed by atoms with Crippen molar-refractivity contribution in [3.05, 3.63) is 58.3 Å². The van der Waals surface area contributed by atoms with Crippen molar-refractivity contribution in [2.75, 3.05) is 32.8 Å². The van der Waals surface area contributed by atoms with Crippen LogP contribution in [0.2, 0.25) is 0 Å². The first-order valence-corrected chi connectivity index (χ1v) is 11.4. The number of fused-ring (bicyclic) bond motifs is 2. The number of halogens is 1. The summed E-state index contributed by atoms with van der Waals surface area (Å²) >= 11 is 0. The SMILES string of the molecule is Cc1ccc2ncc(=O)n(CCN3CCC(NCc4cc5c(cn4)OCCO5)C(F)C3)c2c1. The molecular weight excluding hydrogens is 425 g/mol. The van der Waals surface area contributed by atoms with Crippen molar-refractivity contribution in [2.24, 2.45) is 0 Å². The zero-order valence-corrected chi connectivity index (χ0v) is 18.7. The van der Waals surface area contributed by atoms with Gasteiger partial charge in [-0.25, -0.2) is 9.37 Å². The van der Waals surface area contributed by atoms with Crippen molar-refractivity contribution >= 4 is 11.0 Å². The third-order valence-corrected chi connectivity index (χ3v) is 6.30. The summed E-state index contributed by atoms with van der Waals surface area (Å²) in [7, 11) is 0. The summed E-state index contributed by atoms with van der Waals surface area (Å²) in [5, 5.41) is 3.30. The minimum Gasteiger partial charge on any atom is -0.486 e. The lowest BCUT2D eigenvalue weighted by molar-refractivity contribution is 0.100. The fourth-order valence-corrected chi connectivity index (χ4v) is 4.47. The first-order valence-electron chi connectivity index (χ1n) is 11.4. The molecule has 174 valence electrons. The van der Waals surface area contributed by atoms with Crippen molar-refractivity contribution in [3.8, 4) is 11.5 Å². The summed E-state index contributed by atoms with van der Waals surface area (Å²) in [5.41, 5.74) is 3.36. The van der Waals surface area contributed by atoms with Gasteiger partial charge in [-0.2, -0.15) is 0 Å². The van der Waals surface area contributed by atoms with Gasteiger partial charge in [0.1, 0.15) is 19.4 Å². The Kier molecular flexibility index (Phi) is 6.24. The zero-order valence-electron chi connectivity index (χ0n) is 18.7. The van der Waals surface area contributed by atoms with Crippen LogP contribution in [0.15, 0.2) is 41.5 Å². The Morgan fingerprint density at radius 1 is 1.12 bits per heavy atom. The molecule has 0 bridgehead atoms. The fourth-order valence-electron chi connectivity index (χ4n) is 4.47. The van der Waals surface area contributed by atoms with E-state index in [1.54, 1.807) is 10.8 Å². The highest BCUT2D eigenvalue weighted by Crippen LogP contribution is 2.29. The number of hydrogen-bond donors (Lipinski definition) is 1. The Morgan fingerprint density at radius 3 is 2.82 bits per heavy atom. The van der Waals surface area contributed by atoms with Gasteiger partial charge < -0.3 is 19.4 Å². The van der Waals surface area contributed by atoms with Gasteiger partial charge in [-0.1, -0.05) is 6.07 Å². The first-order chi connectivity index (χ1) is 16.1. The Labute approximate surface area is 191 Å². The molecule has 1 fully saturated rings. The number of ether oxygens (including phenoxy) is 2. The van der Waals surface area contributed by atoms with E-state index in [1.165, 1.54) is 6.20 Å². The third kappa shape index (κ3) is 4.84. The van der Waals surface area contributed by atoms with Crippen molar-refractivity contribution in [1.82, 2.24) is 24.8 Å².